The van der Waals surface area contributed by atoms with Crippen LogP contribution in [0.1, 0.15) is 51.3 Å². The van der Waals surface area contributed by atoms with Crippen LogP contribution < -0.4 is 4.90 Å². The second kappa shape index (κ2) is 9.03. The van der Waals surface area contributed by atoms with Gasteiger partial charge >= 0.3 is 0 Å². The van der Waals surface area contributed by atoms with Crippen LogP contribution in [-0.2, 0) is 10.8 Å². The van der Waals surface area contributed by atoms with Gasteiger partial charge in [0.1, 0.15) is 0 Å². The molecule has 1 aliphatic rings. The van der Waals surface area contributed by atoms with E-state index in [4.69, 9.17) is 0 Å². The van der Waals surface area contributed by atoms with Crippen molar-refractivity contribution in [3.05, 3.63) is 138 Å². The first-order valence-electron chi connectivity index (χ1n) is 13.6. The zero-order valence-corrected chi connectivity index (χ0v) is 23.0. The SMILES string of the molecule is CC(C)(C)c1ccc(N(c2ccccc2-c2ccccc2)c2cccc3c2-c2ccccc2C3(C)C)cc1. The summed E-state index contributed by atoms with van der Waals surface area (Å²) < 4.78 is 0. The highest BCUT2D eigenvalue weighted by Gasteiger charge is 2.37. The molecule has 38 heavy (non-hydrogen) atoms. The highest BCUT2D eigenvalue weighted by molar-refractivity contribution is 5.97. The molecule has 0 radical (unpaired) electrons. The van der Waals surface area contributed by atoms with E-state index >= 15 is 0 Å². The Bertz CT molecular complexity index is 1600. The quantitative estimate of drug-likeness (QED) is 0.241. The summed E-state index contributed by atoms with van der Waals surface area (Å²) >= 11 is 0. The van der Waals surface area contributed by atoms with Gasteiger partial charge < -0.3 is 4.90 Å². The number of anilines is 3. The molecule has 0 atom stereocenters. The van der Waals surface area contributed by atoms with E-state index in [2.05, 4.69) is 161 Å². The first-order valence-corrected chi connectivity index (χ1v) is 13.6. The molecule has 0 aromatic heterocycles. The molecule has 1 aliphatic carbocycles. The number of nitrogens with zero attached hydrogens (tertiary/aromatic N) is 1. The lowest BCUT2D eigenvalue weighted by Crippen LogP contribution is -2.16. The fourth-order valence-electron chi connectivity index (χ4n) is 5.97. The van der Waals surface area contributed by atoms with Crippen molar-refractivity contribution >= 4 is 17.1 Å². The summed E-state index contributed by atoms with van der Waals surface area (Å²) in [6, 6.07) is 44.4. The fourth-order valence-corrected chi connectivity index (χ4v) is 5.97. The molecular weight excluding hydrogens is 458 g/mol. The van der Waals surface area contributed by atoms with E-state index in [0.717, 1.165) is 5.69 Å². The summed E-state index contributed by atoms with van der Waals surface area (Å²) in [6.45, 7) is 11.5. The number of hydrogen-bond donors (Lipinski definition) is 0. The lowest BCUT2D eigenvalue weighted by Gasteiger charge is -2.31. The van der Waals surface area contributed by atoms with Gasteiger partial charge in [0.25, 0.3) is 0 Å². The molecule has 1 nitrogen and oxygen atoms in total. The van der Waals surface area contributed by atoms with Crippen molar-refractivity contribution in [1.82, 2.24) is 0 Å². The third kappa shape index (κ3) is 3.94. The maximum atomic E-state index is 2.46. The average Bonchev–Trinajstić information content (AvgIpc) is 3.17. The molecule has 5 aromatic carbocycles. The molecule has 0 heterocycles. The lowest BCUT2D eigenvalue weighted by molar-refractivity contribution is 0.590. The molecule has 6 rings (SSSR count). The largest absolute Gasteiger partial charge is 0.309 e. The van der Waals surface area contributed by atoms with E-state index in [1.54, 1.807) is 0 Å². The Kier molecular flexibility index (Phi) is 5.76. The maximum absolute atomic E-state index is 2.46. The van der Waals surface area contributed by atoms with Crippen LogP contribution in [0.2, 0.25) is 0 Å². The van der Waals surface area contributed by atoms with Gasteiger partial charge in [-0.1, -0.05) is 132 Å². The van der Waals surface area contributed by atoms with Gasteiger partial charge in [0.05, 0.1) is 11.4 Å². The summed E-state index contributed by atoms with van der Waals surface area (Å²) in [5.41, 5.74) is 12.8. The van der Waals surface area contributed by atoms with E-state index in [1.165, 1.54) is 50.3 Å². The fraction of sp³-hybridized carbons (Fsp3) is 0.189. The monoisotopic (exact) mass is 493 g/mol. The predicted molar refractivity (Wildman–Crippen MR) is 163 cm³/mol. The van der Waals surface area contributed by atoms with Gasteiger partial charge in [0, 0.05) is 22.2 Å². The van der Waals surface area contributed by atoms with Crippen LogP contribution in [0, 0.1) is 0 Å². The minimum atomic E-state index is -0.0529. The van der Waals surface area contributed by atoms with Crippen LogP contribution in [0.3, 0.4) is 0 Å². The second-order valence-electron chi connectivity index (χ2n) is 11.9. The third-order valence-corrected chi connectivity index (χ3v) is 8.05. The Morgan fingerprint density at radius 3 is 1.82 bits per heavy atom. The van der Waals surface area contributed by atoms with Gasteiger partial charge in [-0.15, -0.1) is 0 Å². The van der Waals surface area contributed by atoms with E-state index in [1.807, 2.05) is 0 Å². The smallest absolute Gasteiger partial charge is 0.0543 e. The van der Waals surface area contributed by atoms with Gasteiger partial charge in [-0.2, -0.15) is 0 Å². The first kappa shape index (κ1) is 24.2. The summed E-state index contributed by atoms with van der Waals surface area (Å²) in [4.78, 5) is 2.46. The Balaban J connectivity index is 1.64. The minimum Gasteiger partial charge on any atom is -0.309 e. The van der Waals surface area contributed by atoms with Gasteiger partial charge in [-0.3, -0.25) is 0 Å². The minimum absolute atomic E-state index is 0.0529. The Morgan fingerprint density at radius 2 is 1.11 bits per heavy atom. The first-order chi connectivity index (χ1) is 18.3. The van der Waals surface area contributed by atoms with E-state index in [9.17, 15) is 0 Å². The van der Waals surface area contributed by atoms with Crippen molar-refractivity contribution in [3.8, 4) is 22.3 Å². The normalized spacial score (nSPS) is 13.6. The maximum Gasteiger partial charge on any atom is 0.0543 e. The number of fused-ring (bicyclic) bond motifs is 3. The third-order valence-electron chi connectivity index (χ3n) is 8.05. The van der Waals surface area contributed by atoms with Crippen LogP contribution in [0.25, 0.3) is 22.3 Å². The summed E-state index contributed by atoms with van der Waals surface area (Å²) in [6.07, 6.45) is 0. The van der Waals surface area contributed by atoms with Gasteiger partial charge in [0.2, 0.25) is 0 Å². The van der Waals surface area contributed by atoms with Crippen LogP contribution in [0.15, 0.2) is 121 Å². The van der Waals surface area contributed by atoms with Crippen LogP contribution in [-0.4, -0.2) is 0 Å². The van der Waals surface area contributed by atoms with Gasteiger partial charge in [0.15, 0.2) is 0 Å². The molecule has 188 valence electrons. The molecule has 0 amide bonds. The zero-order chi connectivity index (χ0) is 26.5. The number of benzene rings is 5. The summed E-state index contributed by atoms with van der Waals surface area (Å²) in [5.74, 6) is 0. The van der Waals surface area contributed by atoms with E-state index < -0.39 is 0 Å². The number of para-hydroxylation sites is 1. The molecule has 0 fully saturated rings. The topological polar surface area (TPSA) is 3.24 Å². The van der Waals surface area contributed by atoms with Crippen LogP contribution in [0.4, 0.5) is 17.1 Å². The van der Waals surface area contributed by atoms with Crippen molar-refractivity contribution in [2.75, 3.05) is 4.90 Å². The second-order valence-corrected chi connectivity index (χ2v) is 11.9. The number of hydrogen-bond acceptors (Lipinski definition) is 1. The lowest BCUT2D eigenvalue weighted by atomic mass is 9.82. The van der Waals surface area contributed by atoms with Crippen LogP contribution in [0.5, 0.6) is 0 Å². The van der Waals surface area contributed by atoms with Crippen molar-refractivity contribution < 1.29 is 0 Å². The average molecular weight is 494 g/mol. The molecule has 0 N–H and O–H groups in total. The predicted octanol–water partition coefficient (Wildman–Crippen LogP) is 10.4. The van der Waals surface area contributed by atoms with Gasteiger partial charge in [-0.05, 0) is 57.5 Å². The molecule has 0 saturated carbocycles. The summed E-state index contributed by atoms with van der Waals surface area (Å²) in [7, 11) is 0. The molecular formula is C37H35N. The van der Waals surface area contributed by atoms with Crippen molar-refractivity contribution in [2.24, 2.45) is 0 Å². The van der Waals surface area contributed by atoms with E-state index in [-0.39, 0.29) is 10.8 Å². The molecule has 5 aromatic rings. The molecule has 1 heteroatoms. The van der Waals surface area contributed by atoms with E-state index in [0.29, 0.717) is 0 Å². The highest BCUT2D eigenvalue weighted by atomic mass is 15.1. The molecule has 0 saturated heterocycles. The highest BCUT2D eigenvalue weighted by Crippen LogP contribution is 2.54. The van der Waals surface area contributed by atoms with Crippen molar-refractivity contribution in [1.29, 1.82) is 0 Å². The zero-order valence-electron chi connectivity index (χ0n) is 23.0. The number of rotatable bonds is 4. The molecule has 0 aliphatic heterocycles. The Hall–Kier alpha value is -4.10. The summed E-state index contributed by atoms with van der Waals surface area (Å²) in [5, 5.41) is 0. The molecule has 0 spiro atoms. The van der Waals surface area contributed by atoms with Crippen molar-refractivity contribution in [2.45, 2.75) is 45.4 Å². The Morgan fingerprint density at radius 1 is 0.526 bits per heavy atom. The van der Waals surface area contributed by atoms with Gasteiger partial charge in [-0.25, -0.2) is 0 Å². The van der Waals surface area contributed by atoms with Crippen molar-refractivity contribution in [3.63, 3.8) is 0 Å². The molecule has 0 unspecified atom stereocenters. The Labute approximate surface area is 227 Å². The standard InChI is InChI=1S/C37H35N/c1-36(2,3)27-22-24-28(25-23-27)38(33-20-12-10-16-29(33)26-14-7-6-8-15-26)34-21-13-19-32-35(34)30-17-9-11-18-31(30)37(32,4)5/h6-25H,1-5H3. The molecule has 0 bridgehead atoms. The van der Waals surface area contributed by atoms with Crippen LogP contribution >= 0.6 is 0 Å².